The Morgan fingerprint density at radius 2 is 2.24 bits per heavy atom. The first-order valence-electron chi connectivity index (χ1n) is 7.14. The average Bonchev–Trinajstić information content (AvgIpc) is 2.39. The second-order valence-electron chi connectivity index (χ2n) is 6.26. The van der Waals surface area contributed by atoms with Crippen molar-refractivity contribution in [2.75, 3.05) is 13.7 Å². The van der Waals surface area contributed by atoms with E-state index in [1.54, 1.807) is 7.11 Å². The second kappa shape index (κ2) is 6.36. The van der Waals surface area contributed by atoms with Crippen LogP contribution < -0.4 is 4.74 Å². The van der Waals surface area contributed by atoms with Crippen molar-refractivity contribution in [3.63, 3.8) is 0 Å². The van der Waals surface area contributed by atoms with Crippen LogP contribution in [0.4, 0.5) is 0 Å². The van der Waals surface area contributed by atoms with Crippen LogP contribution in [0.5, 0.6) is 5.75 Å². The summed E-state index contributed by atoms with van der Waals surface area (Å²) >= 11 is 3.54. The SMILES string of the molecule is COc1ccc(Br)c(CN2CCCC(C)(C)C2C(=O)O)c1. The lowest BCUT2D eigenvalue weighted by molar-refractivity contribution is -0.151. The molecule has 116 valence electrons. The van der Waals surface area contributed by atoms with E-state index in [2.05, 4.69) is 20.8 Å². The van der Waals surface area contributed by atoms with E-state index >= 15 is 0 Å². The molecule has 1 aromatic rings. The lowest BCUT2D eigenvalue weighted by atomic mass is 9.76. The molecule has 0 aliphatic carbocycles. The Balaban J connectivity index is 2.26. The van der Waals surface area contributed by atoms with Gasteiger partial charge in [0, 0.05) is 11.0 Å². The lowest BCUT2D eigenvalue weighted by Crippen LogP contribution is -2.53. The molecule has 0 bridgehead atoms. The number of aliphatic carboxylic acids is 1. The van der Waals surface area contributed by atoms with Crippen molar-refractivity contribution in [3.8, 4) is 5.75 Å². The molecule has 4 nitrogen and oxygen atoms in total. The zero-order chi connectivity index (χ0) is 15.6. The summed E-state index contributed by atoms with van der Waals surface area (Å²) in [6, 6.07) is 5.34. The number of rotatable bonds is 4. The van der Waals surface area contributed by atoms with Crippen LogP contribution in [0.3, 0.4) is 0 Å². The first-order valence-corrected chi connectivity index (χ1v) is 7.94. The molecule has 1 fully saturated rings. The molecule has 0 amide bonds. The van der Waals surface area contributed by atoms with E-state index in [-0.39, 0.29) is 5.41 Å². The smallest absolute Gasteiger partial charge is 0.321 e. The van der Waals surface area contributed by atoms with Crippen molar-refractivity contribution < 1.29 is 14.6 Å². The van der Waals surface area contributed by atoms with Gasteiger partial charge in [0.25, 0.3) is 0 Å². The monoisotopic (exact) mass is 355 g/mol. The molecule has 1 aromatic carbocycles. The van der Waals surface area contributed by atoms with E-state index in [1.807, 2.05) is 32.0 Å². The summed E-state index contributed by atoms with van der Waals surface area (Å²) in [7, 11) is 1.64. The Morgan fingerprint density at radius 1 is 1.52 bits per heavy atom. The van der Waals surface area contributed by atoms with Crippen molar-refractivity contribution >= 4 is 21.9 Å². The highest BCUT2D eigenvalue weighted by molar-refractivity contribution is 9.10. The highest BCUT2D eigenvalue weighted by Gasteiger charge is 2.42. The summed E-state index contributed by atoms with van der Waals surface area (Å²) < 4.78 is 6.24. The van der Waals surface area contributed by atoms with Gasteiger partial charge < -0.3 is 9.84 Å². The van der Waals surface area contributed by atoms with Crippen LogP contribution in [0, 0.1) is 5.41 Å². The first-order chi connectivity index (χ1) is 9.85. The molecule has 1 aliphatic heterocycles. The van der Waals surface area contributed by atoms with E-state index in [1.165, 1.54) is 0 Å². The Morgan fingerprint density at radius 3 is 2.86 bits per heavy atom. The number of hydrogen-bond donors (Lipinski definition) is 1. The molecule has 0 aromatic heterocycles. The molecule has 1 aliphatic rings. The van der Waals surface area contributed by atoms with Crippen LogP contribution in [0.15, 0.2) is 22.7 Å². The third kappa shape index (κ3) is 3.58. The maximum atomic E-state index is 11.7. The van der Waals surface area contributed by atoms with E-state index in [0.29, 0.717) is 6.54 Å². The predicted octanol–water partition coefficient (Wildman–Crippen LogP) is 3.53. The number of carboxylic acid groups (broad SMARTS) is 1. The average molecular weight is 356 g/mol. The van der Waals surface area contributed by atoms with Gasteiger partial charge in [0.05, 0.1) is 7.11 Å². The molecule has 2 rings (SSSR count). The number of piperidine rings is 1. The summed E-state index contributed by atoms with van der Waals surface area (Å²) in [5.74, 6) is 0.0510. The van der Waals surface area contributed by atoms with E-state index in [9.17, 15) is 9.90 Å². The molecule has 1 heterocycles. The minimum absolute atomic E-state index is 0.213. The Labute approximate surface area is 134 Å². The minimum Gasteiger partial charge on any atom is -0.497 e. The second-order valence-corrected chi connectivity index (χ2v) is 7.12. The molecular formula is C16H22BrNO3. The fourth-order valence-electron chi connectivity index (χ4n) is 3.18. The minimum atomic E-state index is -0.737. The number of ether oxygens (including phenoxy) is 1. The number of benzene rings is 1. The van der Waals surface area contributed by atoms with Crippen molar-refractivity contribution in [3.05, 3.63) is 28.2 Å². The largest absolute Gasteiger partial charge is 0.497 e. The zero-order valence-electron chi connectivity index (χ0n) is 12.7. The molecule has 1 saturated heterocycles. The Kier molecular flexibility index (Phi) is 4.94. The van der Waals surface area contributed by atoms with Gasteiger partial charge in [0.1, 0.15) is 11.8 Å². The standard InChI is InChI=1S/C16H22BrNO3/c1-16(2)7-4-8-18(14(16)15(19)20)10-11-9-12(21-3)5-6-13(11)17/h5-6,9,14H,4,7-8,10H2,1-3H3,(H,19,20). The van der Waals surface area contributed by atoms with Gasteiger partial charge in [0.2, 0.25) is 0 Å². The fraction of sp³-hybridized carbons (Fsp3) is 0.562. The molecule has 0 saturated carbocycles. The molecule has 1 atom stereocenters. The molecule has 1 N–H and O–H groups in total. The predicted molar refractivity (Wildman–Crippen MR) is 85.5 cm³/mol. The van der Waals surface area contributed by atoms with Gasteiger partial charge in [-0.15, -0.1) is 0 Å². The van der Waals surface area contributed by atoms with E-state index in [0.717, 1.165) is 35.2 Å². The van der Waals surface area contributed by atoms with Gasteiger partial charge in [-0.2, -0.15) is 0 Å². The van der Waals surface area contributed by atoms with Crippen molar-refractivity contribution in [1.29, 1.82) is 0 Å². The van der Waals surface area contributed by atoms with Crippen LogP contribution in [-0.4, -0.2) is 35.7 Å². The van der Waals surface area contributed by atoms with Crippen LogP contribution in [0.25, 0.3) is 0 Å². The quantitative estimate of drug-likeness (QED) is 0.897. The molecule has 0 radical (unpaired) electrons. The van der Waals surface area contributed by atoms with E-state index in [4.69, 9.17) is 4.74 Å². The topological polar surface area (TPSA) is 49.8 Å². The number of carboxylic acids is 1. The van der Waals surface area contributed by atoms with Gasteiger partial charge in [0.15, 0.2) is 0 Å². The number of likely N-dealkylation sites (tertiary alicyclic amines) is 1. The van der Waals surface area contributed by atoms with Crippen LogP contribution >= 0.6 is 15.9 Å². The fourth-order valence-corrected chi connectivity index (χ4v) is 3.55. The third-order valence-corrected chi connectivity index (χ3v) is 5.01. The molecular weight excluding hydrogens is 334 g/mol. The summed E-state index contributed by atoms with van der Waals surface area (Å²) in [5.41, 5.74) is 0.841. The normalized spacial score (nSPS) is 22.0. The molecule has 1 unspecified atom stereocenters. The van der Waals surface area contributed by atoms with Gasteiger partial charge in [-0.05, 0) is 48.6 Å². The summed E-state index contributed by atoms with van der Waals surface area (Å²) in [6.45, 7) is 5.50. The van der Waals surface area contributed by atoms with Gasteiger partial charge >= 0.3 is 5.97 Å². The highest BCUT2D eigenvalue weighted by Crippen LogP contribution is 2.37. The van der Waals surface area contributed by atoms with E-state index < -0.39 is 12.0 Å². The van der Waals surface area contributed by atoms with Crippen molar-refractivity contribution in [1.82, 2.24) is 4.90 Å². The Bertz CT molecular complexity index is 530. The van der Waals surface area contributed by atoms with Gasteiger partial charge in [-0.25, -0.2) is 0 Å². The molecule has 0 spiro atoms. The number of hydrogen-bond acceptors (Lipinski definition) is 3. The van der Waals surface area contributed by atoms with Crippen molar-refractivity contribution in [2.24, 2.45) is 5.41 Å². The van der Waals surface area contributed by atoms with Crippen LogP contribution in [-0.2, 0) is 11.3 Å². The number of halogens is 1. The number of nitrogens with zero attached hydrogens (tertiary/aromatic N) is 1. The number of carbonyl (C=O) groups is 1. The first kappa shape index (κ1) is 16.3. The van der Waals surface area contributed by atoms with Gasteiger partial charge in [-0.1, -0.05) is 29.8 Å². The van der Waals surface area contributed by atoms with Crippen molar-refractivity contribution in [2.45, 2.75) is 39.3 Å². The van der Waals surface area contributed by atoms with Gasteiger partial charge in [-0.3, -0.25) is 9.69 Å². The highest BCUT2D eigenvalue weighted by atomic mass is 79.9. The zero-order valence-corrected chi connectivity index (χ0v) is 14.3. The summed E-state index contributed by atoms with van der Waals surface area (Å²) in [6.07, 6.45) is 1.97. The maximum Gasteiger partial charge on any atom is 0.321 e. The third-order valence-electron chi connectivity index (χ3n) is 4.23. The lowest BCUT2D eigenvalue weighted by Gasteiger charge is -2.44. The molecule has 21 heavy (non-hydrogen) atoms. The summed E-state index contributed by atoms with van der Waals surface area (Å²) in [4.78, 5) is 13.8. The summed E-state index contributed by atoms with van der Waals surface area (Å²) in [5, 5.41) is 9.61. The number of methoxy groups -OCH3 is 1. The maximum absolute atomic E-state index is 11.7. The molecule has 5 heteroatoms. The Hall–Kier alpha value is -1.07. The van der Waals surface area contributed by atoms with Crippen LogP contribution in [0.1, 0.15) is 32.3 Å². The van der Waals surface area contributed by atoms with Crippen LogP contribution in [0.2, 0.25) is 0 Å².